The molecule has 104 valence electrons. The Hall–Kier alpha value is -0.730. The SMILES string of the molecule is Clc1cccc(N2CCN(C3CCCCC3)CC2)c1. The maximum absolute atomic E-state index is 6.08. The molecule has 19 heavy (non-hydrogen) atoms. The lowest BCUT2D eigenvalue weighted by Gasteiger charge is -2.41. The number of piperazine rings is 1. The molecule has 0 unspecified atom stereocenters. The standard InChI is InChI=1S/C16H23ClN2/c17-14-5-4-8-16(13-14)19-11-9-18(10-12-19)15-6-2-1-3-7-15/h4-5,8,13,15H,1-3,6-7,9-12H2. The summed E-state index contributed by atoms with van der Waals surface area (Å²) in [6.07, 6.45) is 7.13. The number of halogens is 1. The van der Waals surface area contributed by atoms with Gasteiger partial charge in [-0.3, -0.25) is 4.90 Å². The minimum atomic E-state index is 0.840. The zero-order valence-corrected chi connectivity index (χ0v) is 12.3. The third-order valence-corrected chi connectivity index (χ3v) is 4.81. The van der Waals surface area contributed by atoms with E-state index in [1.807, 2.05) is 12.1 Å². The first-order valence-electron chi connectivity index (χ1n) is 7.57. The molecular formula is C16H23ClN2. The summed E-state index contributed by atoms with van der Waals surface area (Å²) in [5, 5.41) is 0.840. The van der Waals surface area contributed by atoms with Gasteiger partial charge in [-0.2, -0.15) is 0 Å². The molecule has 0 aromatic heterocycles. The van der Waals surface area contributed by atoms with E-state index < -0.39 is 0 Å². The largest absolute Gasteiger partial charge is 0.369 e. The number of hydrogen-bond acceptors (Lipinski definition) is 2. The molecule has 0 N–H and O–H groups in total. The molecule has 1 aromatic rings. The Bertz CT molecular complexity index is 407. The molecule has 0 radical (unpaired) electrons. The maximum atomic E-state index is 6.08. The molecule has 1 aliphatic carbocycles. The molecule has 1 heterocycles. The lowest BCUT2D eigenvalue weighted by atomic mass is 9.94. The molecule has 0 amide bonds. The van der Waals surface area contributed by atoms with E-state index in [4.69, 9.17) is 11.6 Å². The van der Waals surface area contributed by atoms with Crippen LogP contribution < -0.4 is 4.90 Å². The lowest BCUT2D eigenvalue weighted by molar-refractivity contribution is 0.148. The van der Waals surface area contributed by atoms with Crippen LogP contribution in [0.25, 0.3) is 0 Å². The Morgan fingerprint density at radius 3 is 2.37 bits per heavy atom. The van der Waals surface area contributed by atoms with Crippen LogP contribution in [0, 0.1) is 0 Å². The predicted molar refractivity (Wildman–Crippen MR) is 82.1 cm³/mol. The van der Waals surface area contributed by atoms with Crippen molar-refractivity contribution in [2.75, 3.05) is 31.1 Å². The first-order valence-corrected chi connectivity index (χ1v) is 7.95. The molecule has 1 aromatic carbocycles. The minimum Gasteiger partial charge on any atom is -0.369 e. The van der Waals surface area contributed by atoms with Gasteiger partial charge in [0.2, 0.25) is 0 Å². The average molecular weight is 279 g/mol. The third kappa shape index (κ3) is 3.24. The molecule has 2 nitrogen and oxygen atoms in total. The number of rotatable bonds is 2. The van der Waals surface area contributed by atoms with Gasteiger partial charge in [-0.1, -0.05) is 36.9 Å². The van der Waals surface area contributed by atoms with Crippen molar-refractivity contribution in [1.29, 1.82) is 0 Å². The number of anilines is 1. The first kappa shape index (κ1) is 13.3. The van der Waals surface area contributed by atoms with Gasteiger partial charge in [0.25, 0.3) is 0 Å². The average Bonchev–Trinajstić information content (AvgIpc) is 2.48. The molecule has 0 atom stereocenters. The van der Waals surface area contributed by atoms with Gasteiger partial charge in [0, 0.05) is 42.9 Å². The Labute approximate surface area is 121 Å². The molecule has 0 bridgehead atoms. The van der Waals surface area contributed by atoms with Crippen LogP contribution in [0.1, 0.15) is 32.1 Å². The van der Waals surface area contributed by atoms with Gasteiger partial charge >= 0.3 is 0 Å². The normalized spacial score (nSPS) is 22.7. The van der Waals surface area contributed by atoms with Crippen LogP contribution in [0.3, 0.4) is 0 Å². The van der Waals surface area contributed by atoms with E-state index in [2.05, 4.69) is 21.9 Å². The fourth-order valence-corrected chi connectivity index (χ4v) is 3.65. The smallest absolute Gasteiger partial charge is 0.0426 e. The van der Waals surface area contributed by atoms with Gasteiger partial charge in [-0.25, -0.2) is 0 Å². The molecular weight excluding hydrogens is 256 g/mol. The van der Waals surface area contributed by atoms with Crippen molar-refractivity contribution in [3.8, 4) is 0 Å². The molecule has 0 spiro atoms. The van der Waals surface area contributed by atoms with E-state index >= 15 is 0 Å². The Morgan fingerprint density at radius 1 is 0.947 bits per heavy atom. The highest BCUT2D eigenvalue weighted by Crippen LogP contribution is 2.25. The summed E-state index contributed by atoms with van der Waals surface area (Å²) < 4.78 is 0. The summed E-state index contributed by atoms with van der Waals surface area (Å²) in [4.78, 5) is 5.17. The van der Waals surface area contributed by atoms with E-state index in [1.54, 1.807) is 0 Å². The summed E-state index contributed by atoms with van der Waals surface area (Å²) in [5.74, 6) is 0. The number of nitrogens with zero attached hydrogens (tertiary/aromatic N) is 2. The van der Waals surface area contributed by atoms with Gasteiger partial charge in [-0.05, 0) is 31.0 Å². The van der Waals surface area contributed by atoms with Crippen LogP contribution in [0.4, 0.5) is 5.69 Å². The second-order valence-electron chi connectivity index (χ2n) is 5.79. The van der Waals surface area contributed by atoms with Crippen LogP contribution in [0.5, 0.6) is 0 Å². The van der Waals surface area contributed by atoms with Crippen molar-refractivity contribution < 1.29 is 0 Å². The van der Waals surface area contributed by atoms with E-state index in [9.17, 15) is 0 Å². The summed E-state index contributed by atoms with van der Waals surface area (Å²) in [5.41, 5.74) is 1.27. The summed E-state index contributed by atoms with van der Waals surface area (Å²) in [6, 6.07) is 9.10. The Morgan fingerprint density at radius 2 is 1.68 bits per heavy atom. The first-order chi connectivity index (χ1) is 9.33. The summed E-state index contributed by atoms with van der Waals surface area (Å²) >= 11 is 6.08. The topological polar surface area (TPSA) is 6.48 Å². The zero-order valence-electron chi connectivity index (χ0n) is 11.5. The molecule has 3 rings (SSSR count). The summed E-state index contributed by atoms with van der Waals surface area (Å²) in [7, 11) is 0. The summed E-state index contributed by atoms with van der Waals surface area (Å²) in [6.45, 7) is 4.68. The number of benzene rings is 1. The van der Waals surface area contributed by atoms with E-state index in [0.29, 0.717) is 0 Å². The minimum absolute atomic E-state index is 0.840. The van der Waals surface area contributed by atoms with Crippen molar-refractivity contribution in [1.82, 2.24) is 4.90 Å². The van der Waals surface area contributed by atoms with Gasteiger partial charge in [-0.15, -0.1) is 0 Å². The molecule has 1 saturated heterocycles. The second kappa shape index (κ2) is 6.15. The highest BCUT2D eigenvalue weighted by Gasteiger charge is 2.25. The van der Waals surface area contributed by atoms with Gasteiger partial charge in [0.15, 0.2) is 0 Å². The third-order valence-electron chi connectivity index (χ3n) is 4.58. The van der Waals surface area contributed by atoms with E-state index in [1.165, 1.54) is 50.9 Å². The molecule has 2 fully saturated rings. The quantitative estimate of drug-likeness (QED) is 0.812. The number of hydrogen-bond donors (Lipinski definition) is 0. The highest BCUT2D eigenvalue weighted by molar-refractivity contribution is 6.30. The van der Waals surface area contributed by atoms with Crippen LogP contribution in [0.15, 0.2) is 24.3 Å². The Kier molecular flexibility index (Phi) is 4.29. The van der Waals surface area contributed by atoms with E-state index in [-0.39, 0.29) is 0 Å². The van der Waals surface area contributed by atoms with Crippen molar-refractivity contribution in [3.05, 3.63) is 29.3 Å². The van der Waals surface area contributed by atoms with Crippen LogP contribution in [-0.2, 0) is 0 Å². The fourth-order valence-electron chi connectivity index (χ4n) is 3.46. The highest BCUT2D eigenvalue weighted by atomic mass is 35.5. The zero-order chi connectivity index (χ0) is 13.1. The van der Waals surface area contributed by atoms with Crippen LogP contribution >= 0.6 is 11.6 Å². The lowest BCUT2D eigenvalue weighted by Crippen LogP contribution is -2.50. The Balaban J connectivity index is 1.57. The van der Waals surface area contributed by atoms with Crippen molar-refractivity contribution >= 4 is 17.3 Å². The molecule has 1 saturated carbocycles. The molecule has 1 aliphatic heterocycles. The van der Waals surface area contributed by atoms with E-state index in [0.717, 1.165) is 24.2 Å². The van der Waals surface area contributed by atoms with Gasteiger partial charge in [0.1, 0.15) is 0 Å². The van der Waals surface area contributed by atoms with Crippen LogP contribution in [0.2, 0.25) is 5.02 Å². The molecule has 2 aliphatic rings. The molecule has 3 heteroatoms. The van der Waals surface area contributed by atoms with Gasteiger partial charge < -0.3 is 4.90 Å². The van der Waals surface area contributed by atoms with Crippen LogP contribution in [-0.4, -0.2) is 37.1 Å². The predicted octanol–water partition coefficient (Wildman–Crippen LogP) is 3.79. The monoisotopic (exact) mass is 278 g/mol. The van der Waals surface area contributed by atoms with Crippen molar-refractivity contribution in [3.63, 3.8) is 0 Å². The second-order valence-corrected chi connectivity index (χ2v) is 6.23. The van der Waals surface area contributed by atoms with Crippen molar-refractivity contribution in [2.45, 2.75) is 38.1 Å². The maximum Gasteiger partial charge on any atom is 0.0426 e. The van der Waals surface area contributed by atoms with Gasteiger partial charge in [0.05, 0.1) is 0 Å². The van der Waals surface area contributed by atoms with Crippen molar-refractivity contribution in [2.24, 2.45) is 0 Å². The fraction of sp³-hybridized carbons (Fsp3) is 0.625.